The summed E-state index contributed by atoms with van der Waals surface area (Å²) in [6.45, 7) is 8.05. The Bertz CT molecular complexity index is 1760. The monoisotopic (exact) mass is 583 g/mol. The summed E-state index contributed by atoms with van der Waals surface area (Å²) in [6, 6.07) is 17.6. The molecular formula is C32H33N5O4S. The molecule has 42 heavy (non-hydrogen) atoms. The van der Waals surface area contributed by atoms with E-state index in [0.29, 0.717) is 35.5 Å². The van der Waals surface area contributed by atoms with Gasteiger partial charge in [-0.15, -0.1) is 0 Å². The van der Waals surface area contributed by atoms with Gasteiger partial charge in [0, 0.05) is 42.0 Å². The van der Waals surface area contributed by atoms with Gasteiger partial charge in [-0.2, -0.15) is 14.7 Å². The molecule has 0 radical (unpaired) electrons. The topological polar surface area (TPSA) is 116 Å². The smallest absolute Gasteiger partial charge is 0.271 e. The summed E-state index contributed by atoms with van der Waals surface area (Å²) in [5.74, 6) is -0.825. The number of sulfonamides is 1. The van der Waals surface area contributed by atoms with Crippen molar-refractivity contribution < 1.29 is 18.0 Å². The third kappa shape index (κ3) is 5.33. The molecule has 9 nitrogen and oxygen atoms in total. The third-order valence-electron chi connectivity index (χ3n) is 7.72. The van der Waals surface area contributed by atoms with Gasteiger partial charge in [-0.25, -0.2) is 13.1 Å². The first-order valence-electron chi connectivity index (χ1n) is 14.0. The average molecular weight is 584 g/mol. The number of carbonyl (C=O) groups excluding carboxylic acids is 2. The van der Waals surface area contributed by atoms with Gasteiger partial charge in [0.25, 0.3) is 11.8 Å². The van der Waals surface area contributed by atoms with E-state index in [2.05, 4.69) is 6.92 Å². The number of rotatable bonds is 6. The van der Waals surface area contributed by atoms with Gasteiger partial charge in [-0.05, 0) is 75.4 Å². The van der Waals surface area contributed by atoms with Gasteiger partial charge in [0.05, 0.1) is 10.6 Å². The van der Waals surface area contributed by atoms with E-state index in [-0.39, 0.29) is 22.0 Å². The summed E-state index contributed by atoms with van der Waals surface area (Å²) < 4.78 is 30.4. The summed E-state index contributed by atoms with van der Waals surface area (Å²) in [6.07, 6.45) is 5.21. The molecule has 5 rings (SSSR count). The summed E-state index contributed by atoms with van der Waals surface area (Å²) in [7, 11) is -3.72. The van der Waals surface area contributed by atoms with E-state index < -0.39 is 27.9 Å². The SMILES string of the molecule is CC1=C(C#N)C(=O)N(C(C)C)C(=O)/C1=C/c1cn(-c2ccccc2)nc1-c1cccc(S(=O)(=O)N2CCCC(C)C2)c1. The number of amides is 2. The van der Waals surface area contributed by atoms with Gasteiger partial charge >= 0.3 is 0 Å². The number of hydrogen-bond acceptors (Lipinski definition) is 6. The molecule has 3 heterocycles. The van der Waals surface area contributed by atoms with Crippen molar-refractivity contribution in [1.82, 2.24) is 19.0 Å². The number of imide groups is 1. The first kappa shape index (κ1) is 29.2. The number of carbonyl (C=O) groups is 2. The lowest BCUT2D eigenvalue weighted by Gasteiger charge is -2.30. The molecule has 2 aliphatic heterocycles. The second-order valence-electron chi connectivity index (χ2n) is 11.1. The van der Waals surface area contributed by atoms with Gasteiger partial charge in [0.2, 0.25) is 10.0 Å². The fourth-order valence-corrected chi connectivity index (χ4v) is 7.12. The largest absolute Gasteiger partial charge is 0.271 e. The summed E-state index contributed by atoms with van der Waals surface area (Å²) in [5.41, 5.74) is 2.74. The zero-order chi connectivity index (χ0) is 30.2. The van der Waals surface area contributed by atoms with Crippen molar-refractivity contribution in [3.8, 4) is 23.0 Å². The van der Waals surface area contributed by atoms with E-state index in [9.17, 15) is 23.3 Å². The van der Waals surface area contributed by atoms with E-state index in [4.69, 9.17) is 5.10 Å². The number of nitrogens with zero attached hydrogens (tertiary/aromatic N) is 5. The van der Waals surface area contributed by atoms with Crippen molar-refractivity contribution in [3.05, 3.63) is 83.1 Å². The molecule has 1 atom stereocenters. The van der Waals surface area contributed by atoms with Crippen LogP contribution < -0.4 is 0 Å². The second kappa shape index (κ2) is 11.5. The van der Waals surface area contributed by atoms with Crippen LogP contribution in [0, 0.1) is 17.2 Å². The minimum Gasteiger partial charge on any atom is -0.271 e. The van der Waals surface area contributed by atoms with Crippen LogP contribution in [0.1, 0.15) is 46.1 Å². The lowest BCUT2D eigenvalue weighted by molar-refractivity contribution is -0.142. The average Bonchev–Trinajstić information content (AvgIpc) is 3.40. The van der Waals surface area contributed by atoms with Crippen LogP contribution in [0.25, 0.3) is 23.0 Å². The fourth-order valence-electron chi connectivity index (χ4n) is 5.47. The van der Waals surface area contributed by atoms with Crippen molar-refractivity contribution in [1.29, 1.82) is 5.26 Å². The number of para-hydroxylation sites is 1. The molecule has 2 aliphatic rings. The molecule has 0 aliphatic carbocycles. The van der Waals surface area contributed by atoms with Crippen LogP contribution in [-0.4, -0.2) is 58.3 Å². The van der Waals surface area contributed by atoms with Gasteiger partial charge in [-0.3, -0.25) is 14.5 Å². The highest BCUT2D eigenvalue weighted by Gasteiger charge is 2.37. The maximum atomic E-state index is 13.6. The Morgan fingerprint density at radius 3 is 2.48 bits per heavy atom. The van der Waals surface area contributed by atoms with Crippen molar-refractivity contribution in [2.75, 3.05) is 13.1 Å². The quantitative estimate of drug-likeness (QED) is 0.299. The number of benzene rings is 2. The molecule has 0 saturated carbocycles. The minimum absolute atomic E-state index is 0.0876. The third-order valence-corrected chi connectivity index (χ3v) is 9.58. The van der Waals surface area contributed by atoms with E-state index in [1.165, 1.54) is 0 Å². The Morgan fingerprint density at radius 1 is 1.07 bits per heavy atom. The molecule has 0 spiro atoms. The Labute approximate surface area is 246 Å². The molecule has 3 aromatic rings. The van der Waals surface area contributed by atoms with Crippen LogP contribution in [0.15, 0.2) is 82.4 Å². The Balaban J connectivity index is 1.67. The van der Waals surface area contributed by atoms with Crippen LogP contribution in [-0.2, 0) is 19.6 Å². The van der Waals surface area contributed by atoms with Crippen LogP contribution >= 0.6 is 0 Å². The van der Waals surface area contributed by atoms with Crippen molar-refractivity contribution in [3.63, 3.8) is 0 Å². The lowest BCUT2D eigenvalue weighted by atomic mass is 9.92. The fraction of sp³-hybridized carbons (Fsp3) is 0.312. The van der Waals surface area contributed by atoms with Crippen LogP contribution in [0.2, 0.25) is 0 Å². The summed E-state index contributed by atoms with van der Waals surface area (Å²) >= 11 is 0. The zero-order valence-electron chi connectivity index (χ0n) is 24.1. The Kier molecular flexibility index (Phi) is 7.99. The molecule has 0 bridgehead atoms. The molecule has 1 unspecified atom stereocenters. The van der Waals surface area contributed by atoms with E-state index >= 15 is 0 Å². The van der Waals surface area contributed by atoms with Crippen molar-refractivity contribution in [2.45, 2.75) is 51.5 Å². The normalized spacial score (nSPS) is 19.6. The summed E-state index contributed by atoms with van der Waals surface area (Å²) in [4.78, 5) is 27.7. The van der Waals surface area contributed by atoms with Gasteiger partial charge in [-0.1, -0.05) is 37.3 Å². The molecular weight excluding hydrogens is 550 g/mol. The molecule has 216 valence electrons. The molecule has 1 fully saturated rings. The first-order chi connectivity index (χ1) is 20.0. The zero-order valence-corrected chi connectivity index (χ0v) is 24.9. The number of nitriles is 1. The molecule has 1 saturated heterocycles. The second-order valence-corrected chi connectivity index (χ2v) is 13.0. The van der Waals surface area contributed by atoms with Crippen LogP contribution in [0.5, 0.6) is 0 Å². The minimum atomic E-state index is -3.72. The van der Waals surface area contributed by atoms with E-state index in [0.717, 1.165) is 23.4 Å². The number of piperidine rings is 1. The molecule has 0 N–H and O–H groups in total. The van der Waals surface area contributed by atoms with Gasteiger partial charge in [0.15, 0.2) is 0 Å². The maximum Gasteiger partial charge on any atom is 0.271 e. The standard InChI is InChI=1S/C32H33N5O4S/c1-21(2)37-31(38)28(23(4)29(18-33)32(37)39)17-25-20-36(26-12-6-5-7-13-26)34-30(25)24-11-8-14-27(16-24)42(40,41)35-15-9-10-22(3)19-35/h5-8,11-14,16-17,20-22H,9-10,15,19H2,1-4H3/b28-17+. The highest BCUT2D eigenvalue weighted by Crippen LogP contribution is 2.33. The molecule has 2 amide bonds. The highest BCUT2D eigenvalue weighted by molar-refractivity contribution is 7.89. The number of hydrogen-bond donors (Lipinski definition) is 0. The maximum absolute atomic E-state index is 13.6. The van der Waals surface area contributed by atoms with Crippen molar-refractivity contribution in [2.24, 2.45) is 5.92 Å². The molecule has 10 heteroatoms. The van der Waals surface area contributed by atoms with Gasteiger partial charge in [0.1, 0.15) is 17.3 Å². The highest BCUT2D eigenvalue weighted by atomic mass is 32.2. The predicted molar refractivity (Wildman–Crippen MR) is 159 cm³/mol. The van der Waals surface area contributed by atoms with Gasteiger partial charge < -0.3 is 0 Å². The van der Waals surface area contributed by atoms with Crippen LogP contribution in [0.3, 0.4) is 0 Å². The van der Waals surface area contributed by atoms with Crippen LogP contribution in [0.4, 0.5) is 0 Å². The van der Waals surface area contributed by atoms with Crippen molar-refractivity contribution >= 4 is 27.9 Å². The predicted octanol–water partition coefficient (Wildman–Crippen LogP) is 4.96. The Morgan fingerprint density at radius 2 is 1.81 bits per heavy atom. The lowest BCUT2D eigenvalue weighted by Crippen LogP contribution is -2.46. The van der Waals surface area contributed by atoms with E-state index in [1.54, 1.807) is 66.3 Å². The first-order valence-corrected chi connectivity index (χ1v) is 15.4. The number of aromatic nitrogens is 2. The molecule has 1 aromatic heterocycles. The summed E-state index contributed by atoms with van der Waals surface area (Å²) in [5, 5.41) is 14.6. The Hall–Kier alpha value is -4.33. The molecule has 2 aromatic carbocycles. The van der Waals surface area contributed by atoms with E-state index in [1.807, 2.05) is 36.4 Å².